The van der Waals surface area contributed by atoms with Crippen molar-refractivity contribution < 1.29 is 34.1 Å². The number of carbonyl (C=O) groups is 4. The van der Waals surface area contributed by atoms with Crippen LogP contribution in [0, 0.1) is 0 Å². The fourth-order valence-corrected chi connectivity index (χ4v) is 7.53. The van der Waals surface area contributed by atoms with Gasteiger partial charge >= 0.3 is 11.9 Å². The summed E-state index contributed by atoms with van der Waals surface area (Å²) >= 11 is 0. The van der Waals surface area contributed by atoms with Gasteiger partial charge in [0.1, 0.15) is 12.1 Å². The standard InChI is InChI=1S/C51H94N2O7/c1-3-5-7-9-11-13-15-17-19-20-22-24-26-28-30-35-39-43-50(57)60-46(40-36-32-29-27-25-23-21-18-16-14-12-10-8-6-4-2)41-37-33-31-34-38-42-48(55)52-44-49(56)53-47(45-54)51(58)59/h17,19,23,25,46-47,54H,3-16,18,20-22,24,26-45H2,1-2H3,(H,52,55)(H,53,56)(H,58,59)/b19-17-,25-23-. The number of carboxylic acid groups (broad SMARTS) is 1. The van der Waals surface area contributed by atoms with E-state index in [0.29, 0.717) is 19.3 Å². The number of nitrogens with one attached hydrogen (secondary N) is 2. The summed E-state index contributed by atoms with van der Waals surface area (Å²) in [4.78, 5) is 47.8. The number of aliphatic hydroxyl groups excluding tert-OH is 1. The zero-order valence-corrected chi connectivity index (χ0v) is 39.0. The molecule has 0 aromatic heterocycles. The first kappa shape index (κ1) is 57.3. The van der Waals surface area contributed by atoms with Gasteiger partial charge in [0.05, 0.1) is 13.2 Å². The van der Waals surface area contributed by atoms with Crippen LogP contribution in [-0.4, -0.2) is 59.3 Å². The van der Waals surface area contributed by atoms with Gasteiger partial charge in [-0.25, -0.2) is 4.79 Å². The third-order valence-corrected chi connectivity index (χ3v) is 11.4. The predicted molar refractivity (Wildman–Crippen MR) is 250 cm³/mol. The van der Waals surface area contributed by atoms with E-state index in [-0.39, 0.29) is 24.5 Å². The number of esters is 1. The number of hydrogen-bond acceptors (Lipinski definition) is 6. The zero-order chi connectivity index (χ0) is 44.0. The van der Waals surface area contributed by atoms with E-state index >= 15 is 0 Å². The molecule has 0 aromatic rings. The quantitative estimate of drug-likeness (QED) is 0.0271. The number of aliphatic carboxylic acids is 1. The lowest BCUT2D eigenvalue weighted by atomic mass is 10.0. The largest absolute Gasteiger partial charge is 0.480 e. The van der Waals surface area contributed by atoms with Crippen molar-refractivity contribution in [3.63, 3.8) is 0 Å². The smallest absolute Gasteiger partial charge is 0.328 e. The van der Waals surface area contributed by atoms with Gasteiger partial charge in [-0.15, -0.1) is 0 Å². The second-order valence-corrected chi connectivity index (χ2v) is 17.3. The Morgan fingerprint density at radius 3 is 1.27 bits per heavy atom. The van der Waals surface area contributed by atoms with Crippen molar-refractivity contribution in [1.82, 2.24) is 10.6 Å². The molecule has 0 spiro atoms. The molecule has 0 bridgehead atoms. The van der Waals surface area contributed by atoms with Gasteiger partial charge in [0.25, 0.3) is 0 Å². The molecule has 0 aliphatic rings. The molecule has 0 aromatic carbocycles. The lowest BCUT2D eigenvalue weighted by Crippen LogP contribution is -2.47. The Labute approximate surface area is 368 Å². The minimum atomic E-state index is -1.38. The minimum absolute atomic E-state index is 0.0293. The van der Waals surface area contributed by atoms with Crippen molar-refractivity contribution in [2.75, 3.05) is 13.2 Å². The Hall–Kier alpha value is -2.68. The molecular formula is C51H94N2O7. The van der Waals surface area contributed by atoms with E-state index in [0.717, 1.165) is 70.6 Å². The molecule has 0 heterocycles. The summed E-state index contributed by atoms with van der Waals surface area (Å²) in [7, 11) is 0. The molecule has 0 saturated heterocycles. The monoisotopic (exact) mass is 847 g/mol. The van der Waals surface area contributed by atoms with Crippen LogP contribution in [-0.2, 0) is 23.9 Å². The molecule has 4 N–H and O–H groups in total. The molecule has 60 heavy (non-hydrogen) atoms. The maximum absolute atomic E-state index is 12.9. The van der Waals surface area contributed by atoms with Crippen molar-refractivity contribution in [1.29, 1.82) is 0 Å². The average molecular weight is 847 g/mol. The van der Waals surface area contributed by atoms with E-state index < -0.39 is 24.5 Å². The molecule has 2 atom stereocenters. The summed E-state index contributed by atoms with van der Waals surface area (Å²) in [5.74, 6) is -2.29. The van der Waals surface area contributed by atoms with Gasteiger partial charge in [-0.2, -0.15) is 0 Å². The van der Waals surface area contributed by atoms with Gasteiger partial charge < -0.3 is 25.6 Å². The van der Waals surface area contributed by atoms with E-state index in [4.69, 9.17) is 14.9 Å². The zero-order valence-electron chi connectivity index (χ0n) is 39.0. The van der Waals surface area contributed by atoms with Crippen LogP contribution in [0.4, 0.5) is 0 Å². The summed E-state index contributed by atoms with van der Waals surface area (Å²) in [6.45, 7) is 3.50. The first-order chi connectivity index (χ1) is 29.3. The SMILES string of the molecule is CCCCCCCC/C=C\CCCCCCCCCC(=O)OC(CCCCC/C=C\CCCCCCCCCC)CCCCCCCC(=O)NCC(=O)NC(CO)C(=O)O. The molecule has 2 unspecified atom stereocenters. The van der Waals surface area contributed by atoms with Crippen molar-refractivity contribution in [2.24, 2.45) is 0 Å². The van der Waals surface area contributed by atoms with Crippen LogP contribution in [0.15, 0.2) is 24.3 Å². The third kappa shape index (κ3) is 42.0. The second-order valence-electron chi connectivity index (χ2n) is 17.3. The number of hydrogen-bond donors (Lipinski definition) is 4. The van der Waals surface area contributed by atoms with Crippen LogP contribution in [0.25, 0.3) is 0 Å². The second kappa shape index (κ2) is 45.8. The molecular weight excluding hydrogens is 753 g/mol. The lowest BCUT2D eigenvalue weighted by molar-refractivity contribution is -0.150. The molecule has 0 saturated carbocycles. The minimum Gasteiger partial charge on any atom is -0.480 e. The van der Waals surface area contributed by atoms with Crippen molar-refractivity contribution in [3.05, 3.63) is 24.3 Å². The highest BCUT2D eigenvalue weighted by atomic mass is 16.5. The summed E-state index contributed by atoms with van der Waals surface area (Å²) in [5, 5.41) is 22.6. The van der Waals surface area contributed by atoms with E-state index in [9.17, 15) is 19.2 Å². The maximum atomic E-state index is 12.9. The van der Waals surface area contributed by atoms with Crippen LogP contribution in [0.1, 0.15) is 251 Å². The normalized spacial score (nSPS) is 12.6. The highest BCUT2D eigenvalue weighted by Gasteiger charge is 2.19. The molecule has 2 amide bonds. The number of carbonyl (C=O) groups excluding carboxylic acids is 3. The fourth-order valence-electron chi connectivity index (χ4n) is 7.53. The number of ether oxygens (including phenoxy) is 1. The Balaban J connectivity index is 4.33. The number of aliphatic hydroxyl groups is 1. The van der Waals surface area contributed by atoms with E-state index in [1.807, 2.05) is 0 Å². The molecule has 9 nitrogen and oxygen atoms in total. The highest BCUT2D eigenvalue weighted by Crippen LogP contribution is 2.19. The summed E-state index contributed by atoms with van der Waals surface area (Å²) in [5.41, 5.74) is 0. The molecule has 0 aliphatic heterocycles. The van der Waals surface area contributed by atoms with Crippen molar-refractivity contribution >= 4 is 23.8 Å². The predicted octanol–water partition coefficient (Wildman–Crippen LogP) is 13.2. The number of allylic oxidation sites excluding steroid dienone is 4. The van der Waals surface area contributed by atoms with E-state index in [1.165, 1.54) is 148 Å². The number of unbranched alkanes of at least 4 members (excludes halogenated alkanes) is 28. The van der Waals surface area contributed by atoms with E-state index in [1.54, 1.807) is 0 Å². The molecule has 0 aliphatic carbocycles. The van der Waals surface area contributed by atoms with Crippen LogP contribution in [0.3, 0.4) is 0 Å². The summed E-state index contributed by atoms with van der Waals surface area (Å²) in [6.07, 6.45) is 52.1. The summed E-state index contributed by atoms with van der Waals surface area (Å²) in [6, 6.07) is -1.38. The maximum Gasteiger partial charge on any atom is 0.328 e. The van der Waals surface area contributed by atoms with Crippen LogP contribution >= 0.6 is 0 Å². The first-order valence-corrected chi connectivity index (χ1v) is 25.2. The van der Waals surface area contributed by atoms with E-state index in [2.05, 4.69) is 48.8 Å². The first-order valence-electron chi connectivity index (χ1n) is 25.2. The van der Waals surface area contributed by atoms with Gasteiger partial charge in [0.2, 0.25) is 11.8 Å². The van der Waals surface area contributed by atoms with Crippen LogP contribution < -0.4 is 10.6 Å². The van der Waals surface area contributed by atoms with Gasteiger partial charge in [-0.3, -0.25) is 14.4 Å². The Morgan fingerprint density at radius 2 is 0.850 bits per heavy atom. The molecule has 0 radical (unpaired) electrons. The summed E-state index contributed by atoms with van der Waals surface area (Å²) < 4.78 is 6.06. The van der Waals surface area contributed by atoms with Gasteiger partial charge in [-0.1, -0.05) is 173 Å². The van der Waals surface area contributed by atoms with Crippen molar-refractivity contribution in [3.8, 4) is 0 Å². The third-order valence-electron chi connectivity index (χ3n) is 11.4. The van der Waals surface area contributed by atoms with Gasteiger partial charge in [0, 0.05) is 12.8 Å². The molecule has 350 valence electrons. The number of rotatable bonds is 46. The van der Waals surface area contributed by atoms with Gasteiger partial charge in [0.15, 0.2) is 0 Å². The Bertz CT molecular complexity index is 1060. The van der Waals surface area contributed by atoms with Crippen molar-refractivity contribution in [2.45, 2.75) is 264 Å². The lowest BCUT2D eigenvalue weighted by Gasteiger charge is -2.18. The van der Waals surface area contributed by atoms with Crippen LogP contribution in [0.5, 0.6) is 0 Å². The highest BCUT2D eigenvalue weighted by molar-refractivity contribution is 5.87. The average Bonchev–Trinajstić information content (AvgIpc) is 3.23. The Kier molecular flexibility index (Phi) is 43.8. The molecule has 0 fully saturated rings. The molecule has 9 heteroatoms. The van der Waals surface area contributed by atoms with Gasteiger partial charge in [-0.05, 0) is 89.9 Å². The fraction of sp³-hybridized carbons (Fsp3) is 0.843. The topological polar surface area (TPSA) is 142 Å². The van der Waals surface area contributed by atoms with Crippen LogP contribution in [0.2, 0.25) is 0 Å². The Morgan fingerprint density at radius 1 is 0.483 bits per heavy atom. The molecule has 0 rings (SSSR count). The number of carboxylic acids is 1. The number of amides is 2.